The number of carbonyl (C=O) groups is 1. The van der Waals surface area contributed by atoms with Crippen molar-refractivity contribution >= 4 is 11.6 Å². The molecule has 1 aromatic carbocycles. The summed E-state index contributed by atoms with van der Waals surface area (Å²) in [7, 11) is 1.55. The molecule has 0 N–H and O–H groups in total. The molecule has 0 aromatic heterocycles. The van der Waals surface area contributed by atoms with Gasteiger partial charge in [0.2, 0.25) is 0 Å². The highest BCUT2D eigenvalue weighted by Crippen LogP contribution is 2.33. The lowest BCUT2D eigenvalue weighted by atomic mass is 10.0. The predicted molar refractivity (Wildman–Crippen MR) is 74.0 cm³/mol. The number of non-ortho nitro benzene ring substituents is 1. The minimum atomic E-state index is -4.76. The first-order chi connectivity index (χ1) is 10.7. The fourth-order valence-electron chi connectivity index (χ4n) is 2.48. The fraction of sp³-hybridized carbons (Fsp3) is 0.500. The summed E-state index contributed by atoms with van der Waals surface area (Å²) in [5.74, 6) is -0.645. The monoisotopic (exact) mass is 332 g/mol. The summed E-state index contributed by atoms with van der Waals surface area (Å²) in [5, 5.41) is 10.8. The molecule has 1 fully saturated rings. The van der Waals surface area contributed by atoms with Crippen molar-refractivity contribution in [3.63, 3.8) is 0 Å². The molecule has 1 aliphatic heterocycles. The van der Waals surface area contributed by atoms with E-state index in [9.17, 15) is 28.1 Å². The van der Waals surface area contributed by atoms with E-state index in [2.05, 4.69) is 0 Å². The molecule has 1 amide bonds. The van der Waals surface area contributed by atoms with Crippen molar-refractivity contribution in [2.24, 2.45) is 0 Å². The molecule has 0 unspecified atom stereocenters. The van der Waals surface area contributed by atoms with Crippen LogP contribution in [0.4, 0.5) is 18.9 Å². The van der Waals surface area contributed by atoms with Gasteiger partial charge in [-0.3, -0.25) is 14.9 Å². The van der Waals surface area contributed by atoms with Gasteiger partial charge in [0.1, 0.15) is 0 Å². The number of hydrogen-bond donors (Lipinski definition) is 0. The molecule has 1 heterocycles. The van der Waals surface area contributed by atoms with Gasteiger partial charge in [-0.05, 0) is 18.9 Å². The number of nitro groups is 1. The van der Waals surface area contributed by atoms with Crippen LogP contribution < -0.4 is 0 Å². The third-order valence-corrected chi connectivity index (χ3v) is 3.77. The Morgan fingerprint density at radius 2 is 1.91 bits per heavy atom. The fourth-order valence-corrected chi connectivity index (χ4v) is 2.48. The standard InChI is InChI=1S/C14H15F3N2O4/c1-23-12-2-4-18(5-3-12)13(20)9-6-10(14(15,16)17)8-11(7-9)19(21)22/h6-8,12H,2-5H2,1H3. The number of alkyl halides is 3. The van der Waals surface area contributed by atoms with Crippen molar-refractivity contribution < 1.29 is 27.6 Å². The Hall–Kier alpha value is -2.16. The molecule has 6 nitrogen and oxygen atoms in total. The van der Waals surface area contributed by atoms with Crippen LogP contribution in [0.5, 0.6) is 0 Å². The third kappa shape index (κ3) is 3.98. The van der Waals surface area contributed by atoms with Gasteiger partial charge in [0.15, 0.2) is 0 Å². The minimum absolute atomic E-state index is 0.00916. The summed E-state index contributed by atoms with van der Waals surface area (Å²) >= 11 is 0. The first-order valence-electron chi connectivity index (χ1n) is 6.91. The number of ether oxygens (including phenoxy) is 1. The Bertz CT molecular complexity index is 611. The van der Waals surface area contributed by atoms with Crippen LogP contribution in [0.2, 0.25) is 0 Å². The number of methoxy groups -OCH3 is 1. The summed E-state index contributed by atoms with van der Waals surface area (Å²) in [5.41, 5.74) is -2.29. The molecule has 1 aliphatic rings. The lowest BCUT2D eigenvalue weighted by Crippen LogP contribution is -2.40. The Kier molecular flexibility index (Phi) is 4.88. The molecule has 9 heteroatoms. The maximum absolute atomic E-state index is 12.8. The topological polar surface area (TPSA) is 72.7 Å². The van der Waals surface area contributed by atoms with E-state index in [1.54, 1.807) is 7.11 Å². The zero-order valence-electron chi connectivity index (χ0n) is 12.3. The van der Waals surface area contributed by atoms with Gasteiger partial charge in [-0.1, -0.05) is 0 Å². The van der Waals surface area contributed by atoms with Crippen LogP contribution in [0.25, 0.3) is 0 Å². The SMILES string of the molecule is COC1CCN(C(=O)c2cc([N+](=O)[O-])cc(C(F)(F)F)c2)CC1. The number of halogens is 3. The summed E-state index contributed by atoms with van der Waals surface area (Å²) in [6, 6.07) is 1.95. The highest BCUT2D eigenvalue weighted by atomic mass is 19.4. The molecule has 0 atom stereocenters. The molecule has 126 valence electrons. The second-order valence-electron chi connectivity index (χ2n) is 5.25. The molecule has 23 heavy (non-hydrogen) atoms. The van der Waals surface area contributed by atoms with Crippen molar-refractivity contribution in [3.8, 4) is 0 Å². The molecule has 1 aromatic rings. The van der Waals surface area contributed by atoms with E-state index in [-0.39, 0.29) is 11.7 Å². The maximum Gasteiger partial charge on any atom is 0.416 e. The zero-order valence-corrected chi connectivity index (χ0v) is 12.3. The van der Waals surface area contributed by atoms with Crippen molar-refractivity contribution in [3.05, 3.63) is 39.4 Å². The van der Waals surface area contributed by atoms with Gasteiger partial charge < -0.3 is 9.64 Å². The summed E-state index contributed by atoms with van der Waals surface area (Å²) < 4.78 is 43.7. The first-order valence-corrected chi connectivity index (χ1v) is 6.91. The number of rotatable bonds is 3. The van der Waals surface area contributed by atoms with E-state index in [1.807, 2.05) is 0 Å². The van der Waals surface area contributed by atoms with Crippen LogP contribution in [-0.2, 0) is 10.9 Å². The Morgan fingerprint density at radius 1 is 1.30 bits per heavy atom. The quantitative estimate of drug-likeness (QED) is 0.630. The lowest BCUT2D eigenvalue weighted by Gasteiger charge is -2.31. The number of likely N-dealkylation sites (tertiary alicyclic amines) is 1. The van der Waals surface area contributed by atoms with Crippen LogP contribution >= 0.6 is 0 Å². The van der Waals surface area contributed by atoms with Crippen LogP contribution in [-0.4, -0.2) is 42.0 Å². The molecule has 0 bridgehead atoms. The van der Waals surface area contributed by atoms with E-state index in [0.717, 1.165) is 6.07 Å². The van der Waals surface area contributed by atoms with Gasteiger partial charge >= 0.3 is 6.18 Å². The number of benzene rings is 1. The molecule has 1 saturated heterocycles. The van der Waals surface area contributed by atoms with Crippen LogP contribution in [0.1, 0.15) is 28.8 Å². The maximum atomic E-state index is 12.8. The molecular weight excluding hydrogens is 317 g/mol. The number of carbonyl (C=O) groups excluding carboxylic acids is 1. The Labute approximate surface area is 130 Å². The number of nitro benzene ring substituents is 1. The van der Waals surface area contributed by atoms with Crippen LogP contribution in [0, 0.1) is 10.1 Å². The van der Waals surface area contributed by atoms with E-state index in [0.29, 0.717) is 38.1 Å². The van der Waals surface area contributed by atoms with Gasteiger partial charge in [-0.15, -0.1) is 0 Å². The average molecular weight is 332 g/mol. The lowest BCUT2D eigenvalue weighted by molar-refractivity contribution is -0.385. The van der Waals surface area contributed by atoms with Gasteiger partial charge in [-0.25, -0.2) is 0 Å². The van der Waals surface area contributed by atoms with Crippen LogP contribution in [0.3, 0.4) is 0 Å². The largest absolute Gasteiger partial charge is 0.416 e. The molecule has 0 radical (unpaired) electrons. The highest BCUT2D eigenvalue weighted by molar-refractivity contribution is 5.95. The first kappa shape index (κ1) is 17.2. The normalized spacial score (nSPS) is 16.4. The molecule has 0 aliphatic carbocycles. The van der Waals surface area contributed by atoms with E-state index in [4.69, 9.17) is 4.74 Å². The molecular formula is C14H15F3N2O4. The van der Waals surface area contributed by atoms with E-state index < -0.39 is 28.3 Å². The van der Waals surface area contributed by atoms with Gasteiger partial charge in [0.25, 0.3) is 11.6 Å². The summed E-state index contributed by atoms with van der Waals surface area (Å²) in [6.45, 7) is 0.669. The number of hydrogen-bond acceptors (Lipinski definition) is 4. The number of nitrogens with zero attached hydrogens (tertiary/aromatic N) is 2. The third-order valence-electron chi connectivity index (χ3n) is 3.77. The number of amides is 1. The Balaban J connectivity index is 2.29. The second kappa shape index (κ2) is 6.53. The highest BCUT2D eigenvalue weighted by Gasteiger charge is 2.34. The molecule has 2 rings (SSSR count). The minimum Gasteiger partial charge on any atom is -0.381 e. The smallest absolute Gasteiger partial charge is 0.381 e. The average Bonchev–Trinajstić information content (AvgIpc) is 2.53. The van der Waals surface area contributed by atoms with Gasteiger partial charge in [0, 0.05) is 37.9 Å². The van der Waals surface area contributed by atoms with E-state index in [1.165, 1.54) is 4.90 Å². The van der Waals surface area contributed by atoms with Crippen molar-refractivity contribution in [2.75, 3.05) is 20.2 Å². The zero-order chi connectivity index (χ0) is 17.2. The van der Waals surface area contributed by atoms with E-state index >= 15 is 0 Å². The van der Waals surface area contributed by atoms with Gasteiger partial charge in [-0.2, -0.15) is 13.2 Å². The van der Waals surface area contributed by atoms with Crippen molar-refractivity contribution in [2.45, 2.75) is 25.1 Å². The molecule has 0 saturated carbocycles. The number of piperidine rings is 1. The summed E-state index contributed by atoms with van der Waals surface area (Å²) in [4.78, 5) is 23.6. The van der Waals surface area contributed by atoms with Gasteiger partial charge in [0.05, 0.1) is 16.6 Å². The molecule has 0 spiro atoms. The Morgan fingerprint density at radius 3 is 2.39 bits per heavy atom. The van der Waals surface area contributed by atoms with Crippen molar-refractivity contribution in [1.29, 1.82) is 0 Å². The van der Waals surface area contributed by atoms with Crippen LogP contribution in [0.15, 0.2) is 18.2 Å². The second-order valence-corrected chi connectivity index (χ2v) is 5.25. The summed E-state index contributed by atoms with van der Waals surface area (Å²) in [6.07, 6.45) is -3.61. The predicted octanol–water partition coefficient (Wildman–Crippen LogP) is 2.86. The van der Waals surface area contributed by atoms with Crippen molar-refractivity contribution in [1.82, 2.24) is 4.90 Å².